The number of halogens is 4. The summed E-state index contributed by atoms with van der Waals surface area (Å²) in [4.78, 5) is 12.2. The van der Waals surface area contributed by atoms with Crippen LogP contribution in [-0.4, -0.2) is 18.0 Å². The predicted octanol–water partition coefficient (Wildman–Crippen LogP) is 3.55. The molecular formula is C14H14BrF3N2O. The summed E-state index contributed by atoms with van der Waals surface area (Å²) in [7, 11) is 0. The highest BCUT2D eigenvalue weighted by atomic mass is 79.9. The van der Waals surface area contributed by atoms with Crippen LogP contribution in [0, 0.1) is 5.92 Å². The first kappa shape index (κ1) is 14.8. The zero-order chi connectivity index (χ0) is 15.2. The maximum Gasteiger partial charge on any atom is 0.417 e. The summed E-state index contributed by atoms with van der Waals surface area (Å²) in [5, 5.41) is 5.95. The molecule has 114 valence electrons. The van der Waals surface area contributed by atoms with Gasteiger partial charge in [0.25, 0.3) is 0 Å². The van der Waals surface area contributed by atoms with Crippen molar-refractivity contribution in [3.63, 3.8) is 0 Å². The Balaban J connectivity index is 1.75. The van der Waals surface area contributed by atoms with Crippen molar-refractivity contribution in [1.29, 1.82) is 0 Å². The van der Waals surface area contributed by atoms with Crippen LogP contribution in [0.4, 0.5) is 18.9 Å². The molecule has 2 saturated heterocycles. The Morgan fingerprint density at radius 3 is 2.67 bits per heavy atom. The van der Waals surface area contributed by atoms with E-state index in [2.05, 4.69) is 26.6 Å². The second-order valence-electron chi connectivity index (χ2n) is 5.57. The molecule has 2 aliphatic heterocycles. The van der Waals surface area contributed by atoms with Crippen LogP contribution in [0.3, 0.4) is 0 Å². The standard InChI is InChI=1S/C14H14BrF3N2O/c15-11-3-1-8(6-10(11)14(16,17)18)20-13(21)9-5-7-2-4-12(9)19-7/h1,3,6-7,9,12,19H,2,4-5H2,(H,20,21). The van der Waals surface area contributed by atoms with Gasteiger partial charge >= 0.3 is 6.18 Å². The van der Waals surface area contributed by atoms with E-state index >= 15 is 0 Å². The van der Waals surface area contributed by atoms with Crippen molar-refractivity contribution in [3.8, 4) is 0 Å². The molecule has 0 aromatic heterocycles. The molecule has 3 atom stereocenters. The van der Waals surface area contributed by atoms with E-state index in [0.717, 1.165) is 25.3 Å². The summed E-state index contributed by atoms with van der Waals surface area (Å²) in [5.41, 5.74) is -0.607. The molecule has 3 nitrogen and oxygen atoms in total. The molecule has 7 heteroatoms. The summed E-state index contributed by atoms with van der Waals surface area (Å²) in [6, 6.07) is 4.27. The Kier molecular flexibility index (Phi) is 3.73. The lowest BCUT2D eigenvalue weighted by Gasteiger charge is -2.20. The largest absolute Gasteiger partial charge is 0.417 e. The Hall–Kier alpha value is -1.08. The minimum absolute atomic E-state index is 0.0328. The highest BCUT2D eigenvalue weighted by Crippen LogP contribution is 2.37. The van der Waals surface area contributed by atoms with Gasteiger partial charge in [0.2, 0.25) is 5.91 Å². The van der Waals surface area contributed by atoms with E-state index in [0.29, 0.717) is 6.04 Å². The highest BCUT2D eigenvalue weighted by Gasteiger charge is 2.42. The van der Waals surface area contributed by atoms with Gasteiger partial charge in [0, 0.05) is 22.2 Å². The first-order valence-electron chi connectivity index (χ1n) is 6.78. The molecule has 0 radical (unpaired) electrons. The van der Waals surface area contributed by atoms with Gasteiger partial charge in [-0.15, -0.1) is 0 Å². The molecule has 0 saturated carbocycles. The molecule has 3 rings (SSSR count). The van der Waals surface area contributed by atoms with Crippen molar-refractivity contribution >= 4 is 27.5 Å². The third-order valence-electron chi connectivity index (χ3n) is 4.18. The van der Waals surface area contributed by atoms with Crippen LogP contribution in [-0.2, 0) is 11.0 Å². The number of anilines is 1. The molecule has 1 aromatic rings. The van der Waals surface area contributed by atoms with Crippen LogP contribution in [0.5, 0.6) is 0 Å². The quantitative estimate of drug-likeness (QED) is 0.844. The molecule has 21 heavy (non-hydrogen) atoms. The van der Waals surface area contributed by atoms with Gasteiger partial charge in [0.1, 0.15) is 0 Å². The van der Waals surface area contributed by atoms with Crippen molar-refractivity contribution in [3.05, 3.63) is 28.2 Å². The van der Waals surface area contributed by atoms with Crippen molar-refractivity contribution in [2.24, 2.45) is 5.92 Å². The minimum Gasteiger partial charge on any atom is -0.326 e. The van der Waals surface area contributed by atoms with E-state index in [9.17, 15) is 18.0 Å². The smallest absolute Gasteiger partial charge is 0.326 e. The summed E-state index contributed by atoms with van der Waals surface area (Å²) in [5.74, 6) is -0.355. The molecule has 3 unspecified atom stereocenters. The first-order valence-corrected chi connectivity index (χ1v) is 7.57. The minimum atomic E-state index is -4.45. The maximum absolute atomic E-state index is 12.8. The molecule has 2 heterocycles. The number of alkyl halides is 3. The van der Waals surface area contributed by atoms with E-state index in [1.807, 2.05) is 0 Å². The summed E-state index contributed by atoms with van der Waals surface area (Å²) < 4.78 is 38.5. The third-order valence-corrected chi connectivity index (χ3v) is 4.87. The van der Waals surface area contributed by atoms with E-state index in [1.54, 1.807) is 0 Å². The lowest BCUT2D eigenvalue weighted by Crippen LogP contribution is -2.32. The van der Waals surface area contributed by atoms with E-state index in [1.165, 1.54) is 12.1 Å². The molecule has 0 aliphatic carbocycles. The number of amides is 1. The second-order valence-corrected chi connectivity index (χ2v) is 6.43. The zero-order valence-corrected chi connectivity index (χ0v) is 12.6. The fourth-order valence-corrected chi connectivity index (χ4v) is 3.64. The number of hydrogen-bond donors (Lipinski definition) is 2. The predicted molar refractivity (Wildman–Crippen MR) is 75.8 cm³/mol. The average molecular weight is 363 g/mol. The summed E-state index contributed by atoms with van der Waals surface area (Å²) >= 11 is 2.88. The maximum atomic E-state index is 12.8. The Labute approximate surface area is 128 Å². The van der Waals surface area contributed by atoms with Crippen molar-refractivity contribution < 1.29 is 18.0 Å². The van der Waals surface area contributed by atoms with Gasteiger partial charge < -0.3 is 10.6 Å². The number of rotatable bonds is 2. The molecule has 1 amide bonds. The van der Waals surface area contributed by atoms with Gasteiger partial charge in [-0.1, -0.05) is 15.9 Å². The molecule has 2 aliphatic rings. The molecule has 0 spiro atoms. The van der Waals surface area contributed by atoms with Gasteiger partial charge in [-0.3, -0.25) is 4.79 Å². The lowest BCUT2D eigenvalue weighted by atomic mass is 9.88. The van der Waals surface area contributed by atoms with Crippen molar-refractivity contribution in [2.45, 2.75) is 37.5 Å². The molecule has 1 aromatic carbocycles. The van der Waals surface area contributed by atoms with E-state index in [4.69, 9.17) is 0 Å². The Bertz CT molecular complexity index is 576. The second kappa shape index (κ2) is 5.28. The zero-order valence-electron chi connectivity index (χ0n) is 11.0. The van der Waals surface area contributed by atoms with Crippen LogP contribution >= 0.6 is 15.9 Å². The monoisotopic (exact) mass is 362 g/mol. The number of nitrogens with one attached hydrogen (secondary N) is 2. The molecule has 2 N–H and O–H groups in total. The average Bonchev–Trinajstić information content (AvgIpc) is 3.02. The summed E-state index contributed by atoms with van der Waals surface area (Å²) in [6.45, 7) is 0. The van der Waals surface area contributed by atoms with Crippen LogP contribution in [0.15, 0.2) is 22.7 Å². The highest BCUT2D eigenvalue weighted by molar-refractivity contribution is 9.10. The fourth-order valence-electron chi connectivity index (χ4n) is 3.17. The van der Waals surface area contributed by atoms with Crippen LogP contribution in [0.25, 0.3) is 0 Å². The van der Waals surface area contributed by atoms with E-state index in [-0.39, 0.29) is 28.0 Å². The number of carbonyl (C=O) groups is 1. The molecular weight excluding hydrogens is 349 g/mol. The number of benzene rings is 1. The van der Waals surface area contributed by atoms with Gasteiger partial charge in [0.05, 0.1) is 11.5 Å². The number of carbonyl (C=O) groups excluding carboxylic acids is 1. The number of fused-ring (bicyclic) bond motifs is 2. The van der Waals surface area contributed by atoms with Crippen LogP contribution in [0.1, 0.15) is 24.8 Å². The first-order chi connectivity index (χ1) is 9.84. The normalized spacial score (nSPS) is 27.9. The SMILES string of the molecule is O=C(Nc1ccc(Br)c(C(F)(F)F)c1)C1CC2CCC1N2. The van der Waals surface area contributed by atoms with E-state index < -0.39 is 11.7 Å². The van der Waals surface area contributed by atoms with Gasteiger partial charge in [0.15, 0.2) is 0 Å². The summed E-state index contributed by atoms with van der Waals surface area (Å²) in [6.07, 6.45) is -1.66. The van der Waals surface area contributed by atoms with Gasteiger partial charge in [-0.2, -0.15) is 13.2 Å². The van der Waals surface area contributed by atoms with Crippen LogP contribution in [0.2, 0.25) is 0 Å². The van der Waals surface area contributed by atoms with Crippen molar-refractivity contribution in [1.82, 2.24) is 5.32 Å². The van der Waals surface area contributed by atoms with Crippen LogP contribution < -0.4 is 10.6 Å². The Morgan fingerprint density at radius 2 is 2.10 bits per heavy atom. The van der Waals surface area contributed by atoms with Gasteiger partial charge in [-0.25, -0.2) is 0 Å². The molecule has 2 bridgehead atoms. The molecule has 2 fully saturated rings. The van der Waals surface area contributed by atoms with Gasteiger partial charge in [-0.05, 0) is 37.5 Å². The van der Waals surface area contributed by atoms with Crippen molar-refractivity contribution in [2.75, 3.05) is 5.32 Å². The third kappa shape index (κ3) is 2.94. The lowest BCUT2D eigenvalue weighted by molar-refractivity contribution is -0.138. The Morgan fingerprint density at radius 1 is 1.33 bits per heavy atom. The number of hydrogen-bond acceptors (Lipinski definition) is 2. The topological polar surface area (TPSA) is 41.1 Å². The fraction of sp³-hybridized carbons (Fsp3) is 0.500.